The summed E-state index contributed by atoms with van der Waals surface area (Å²) in [5, 5.41) is 2.41. The van der Waals surface area contributed by atoms with Gasteiger partial charge in [-0.1, -0.05) is 5.92 Å². The molecule has 0 aromatic rings. The molecule has 1 aliphatic heterocycles. The lowest BCUT2D eigenvalue weighted by Gasteiger charge is -1.90. The molecule has 0 saturated carbocycles. The lowest BCUT2D eigenvalue weighted by molar-refractivity contribution is 0.177. The van der Waals surface area contributed by atoms with Crippen LogP contribution < -0.4 is 5.32 Å². The molecule has 1 fully saturated rings. The summed E-state index contributed by atoms with van der Waals surface area (Å²) in [5.41, 5.74) is 0. The van der Waals surface area contributed by atoms with E-state index in [9.17, 15) is 4.79 Å². The summed E-state index contributed by atoms with van der Waals surface area (Å²) in [4.78, 5) is 10.2. The number of carbonyl (C=O) groups excluding carboxylic acids is 1. The normalized spacial score (nSPS) is 25.9. The van der Waals surface area contributed by atoms with Crippen LogP contribution in [0.2, 0.25) is 0 Å². The summed E-state index contributed by atoms with van der Waals surface area (Å²) < 4.78 is 4.46. The second kappa shape index (κ2) is 1.74. The van der Waals surface area contributed by atoms with Gasteiger partial charge in [0.2, 0.25) is 0 Å². The van der Waals surface area contributed by atoms with E-state index < -0.39 is 6.09 Å². The molecule has 0 spiro atoms. The SMILES string of the molecule is C#CC1COC(=O)N1. The number of carbonyl (C=O) groups is 1. The van der Waals surface area contributed by atoms with Crippen molar-refractivity contribution in [2.45, 2.75) is 6.04 Å². The summed E-state index contributed by atoms with van der Waals surface area (Å²) in [5.74, 6) is 2.34. The van der Waals surface area contributed by atoms with Gasteiger partial charge in [0.15, 0.2) is 0 Å². The Balaban J connectivity index is 2.47. The highest BCUT2D eigenvalue weighted by atomic mass is 16.6. The fraction of sp³-hybridized carbons (Fsp3) is 0.400. The van der Waals surface area contributed by atoms with E-state index in [2.05, 4.69) is 16.0 Å². The van der Waals surface area contributed by atoms with E-state index in [0.717, 1.165) is 0 Å². The Hall–Kier alpha value is -1.17. The monoisotopic (exact) mass is 111 g/mol. The molecule has 0 bridgehead atoms. The molecule has 1 amide bonds. The zero-order valence-electron chi connectivity index (χ0n) is 4.18. The highest BCUT2D eigenvalue weighted by molar-refractivity contribution is 5.70. The van der Waals surface area contributed by atoms with Gasteiger partial charge in [-0.3, -0.25) is 0 Å². The smallest absolute Gasteiger partial charge is 0.408 e. The first-order valence-corrected chi connectivity index (χ1v) is 2.22. The van der Waals surface area contributed by atoms with E-state index in [1.54, 1.807) is 0 Å². The summed E-state index contributed by atoms with van der Waals surface area (Å²) in [6.45, 7) is 0.301. The number of terminal acetylenes is 1. The average Bonchev–Trinajstić information content (AvgIpc) is 2.14. The second-order valence-electron chi connectivity index (χ2n) is 1.46. The number of alkyl carbamates (subject to hydrolysis) is 1. The number of amides is 1. The molecule has 0 aromatic heterocycles. The molecule has 8 heavy (non-hydrogen) atoms. The maximum atomic E-state index is 10.2. The molecule has 1 unspecified atom stereocenters. The third-order valence-electron chi connectivity index (χ3n) is 0.874. The van der Waals surface area contributed by atoms with Crippen LogP contribution in [-0.4, -0.2) is 18.7 Å². The zero-order chi connectivity index (χ0) is 5.98. The molecule has 1 saturated heterocycles. The third-order valence-corrected chi connectivity index (χ3v) is 0.874. The van der Waals surface area contributed by atoms with Crippen LogP contribution in [0, 0.1) is 12.3 Å². The van der Waals surface area contributed by atoms with Crippen LogP contribution in [0.15, 0.2) is 0 Å². The Labute approximate surface area is 47.0 Å². The molecular weight excluding hydrogens is 106 g/mol. The minimum absolute atomic E-state index is 0.220. The number of hydrogen-bond acceptors (Lipinski definition) is 2. The van der Waals surface area contributed by atoms with E-state index in [1.807, 2.05) is 0 Å². The van der Waals surface area contributed by atoms with Crippen molar-refractivity contribution >= 4 is 6.09 Å². The van der Waals surface area contributed by atoms with Crippen LogP contribution in [0.3, 0.4) is 0 Å². The average molecular weight is 111 g/mol. The van der Waals surface area contributed by atoms with Crippen LogP contribution in [0.4, 0.5) is 4.79 Å². The fourth-order valence-corrected chi connectivity index (χ4v) is 0.474. The fourth-order valence-electron chi connectivity index (χ4n) is 0.474. The maximum absolute atomic E-state index is 10.2. The molecular formula is C5H5NO2. The van der Waals surface area contributed by atoms with Crippen LogP contribution in [0.25, 0.3) is 0 Å². The molecule has 1 N–H and O–H groups in total. The highest BCUT2D eigenvalue weighted by Crippen LogP contribution is 1.93. The molecule has 42 valence electrons. The van der Waals surface area contributed by atoms with Gasteiger partial charge in [0.05, 0.1) is 0 Å². The van der Waals surface area contributed by atoms with Gasteiger partial charge in [-0.2, -0.15) is 0 Å². The van der Waals surface area contributed by atoms with E-state index >= 15 is 0 Å². The van der Waals surface area contributed by atoms with Crippen molar-refractivity contribution in [3.05, 3.63) is 0 Å². The predicted octanol–water partition coefficient (Wildman–Crippen LogP) is -0.272. The van der Waals surface area contributed by atoms with Crippen molar-refractivity contribution in [2.24, 2.45) is 0 Å². The standard InChI is InChI=1S/C5H5NO2/c1-2-4-3-8-5(7)6-4/h1,4H,3H2,(H,6,7). The first kappa shape index (κ1) is 4.98. The molecule has 0 aromatic carbocycles. The van der Waals surface area contributed by atoms with Gasteiger partial charge in [-0.25, -0.2) is 4.79 Å². The maximum Gasteiger partial charge on any atom is 0.408 e. The van der Waals surface area contributed by atoms with Crippen molar-refractivity contribution in [3.63, 3.8) is 0 Å². The minimum Gasteiger partial charge on any atom is -0.446 e. The van der Waals surface area contributed by atoms with Crippen molar-refractivity contribution in [1.82, 2.24) is 5.32 Å². The summed E-state index contributed by atoms with van der Waals surface area (Å²) in [6.07, 6.45) is 4.53. The molecule has 1 atom stereocenters. The molecule has 1 rings (SSSR count). The molecule has 0 radical (unpaired) electrons. The minimum atomic E-state index is -0.423. The Bertz CT molecular complexity index is 147. The Morgan fingerprint density at radius 1 is 2.00 bits per heavy atom. The Morgan fingerprint density at radius 2 is 2.75 bits per heavy atom. The van der Waals surface area contributed by atoms with Gasteiger partial charge in [-0.05, 0) is 0 Å². The van der Waals surface area contributed by atoms with Crippen LogP contribution in [0.5, 0.6) is 0 Å². The first-order chi connectivity index (χ1) is 3.83. The summed E-state index contributed by atoms with van der Waals surface area (Å²) in [7, 11) is 0. The lowest BCUT2D eigenvalue weighted by Crippen LogP contribution is -2.23. The number of hydrogen-bond donors (Lipinski definition) is 1. The van der Waals surface area contributed by atoms with Crippen molar-refractivity contribution in [3.8, 4) is 12.3 Å². The third kappa shape index (κ3) is 0.733. The van der Waals surface area contributed by atoms with Gasteiger partial charge >= 0.3 is 6.09 Å². The molecule has 1 aliphatic rings. The van der Waals surface area contributed by atoms with Crippen molar-refractivity contribution in [1.29, 1.82) is 0 Å². The molecule has 1 heterocycles. The van der Waals surface area contributed by atoms with Gasteiger partial charge in [0.25, 0.3) is 0 Å². The van der Waals surface area contributed by atoms with Gasteiger partial charge < -0.3 is 10.1 Å². The quantitative estimate of drug-likeness (QED) is 0.437. The van der Waals surface area contributed by atoms with Crippen molar-refractivity contribution in [2.75, 3.05) is 6.61 Å². The zero-order valence-corrected chi connectivity index (χ0v) is 4.18. The van der Waals surface area contributed by atoms with Crippen molar-refractivity contribution < 1.29 is 9.53 Å². The predicted molar refractivity (Wildman–Crippen MR) is 27.1 cm³/mol. The van der Waals surface area contributed by atoms with Gasteiger partial charge in [-0.15, -0.1) is 6.42 Å². The van der Waals surface area contributed by atoms with Crippen LogP contribution in [-0.2, 0) is 4.74 Å². The number of rotatable bonds is 0. The number of ether oxygens (including phenoxy) is 1. The van der Waals surface area contributed by atoms with Crippen LogP contribution >= 0.6 is 0 Å². The number of nitrogens with one attached hydrogen (secondary N) is 1. The van der Waals surface area contributed by atoms with E-state index in [-0.39, 0.29) is 6.04 Å². The molecule has 0 aliphatic carbocycles. The number of cyclic esters (lactones) is 1. The van der Waals surface area contributed by atoms with Gasteiger partial charge in [0.1, 0.15) is 12.6 Å². The van der Waals surface area contributed by atoms with Crippen LogP contribution in [0.1, 0.15) is 0 Å². The Kier molecular flexibility index (Phi) is 1.09. The van der Waals surface area contributed by atoms with E-state index in [1.165, 1.54) is 0 Å². The highest BCUT2D eigenvalue weighted by Gasteiger charge is 2.18. The Morgan fingerprint density at radius 3 is 3.00 bits per heavy atom. The molecule has 3 nitrogen and oxygen atoms in total. The lowest BCUT2D eigenvalue weighted by atomic mass is 10.4. The molecule has 3 heteroatoms. The second-order valence-corrected chi connectivity index (χ2v) is 1.46. The van der Waals surface area contributed by atoms with E-state index in [0.29, 0.717) is 6.61 Å². The summed E-state index contributed by atoms with van der Waals surface area (Å²) >= 11 is 0. The first-order valence-electron chi connectivity index (χ1n) is 2.22. The largest absolute Gasteiger partial charge is 0.446 e. The summed E-state index contributed by atoms with van der Waals surface area (Å²) in [6, 6.07) is -0.220. The topological polar surface area (TPSA) is 38.3 Å². The van der Waals surface area contributed by atoms with E-state index in [4.69, 9.17) is 6.42 Å². The van der Waals surface area contributed by atoms with Gasteiger partial charge in [0, 0.05) is 0 Å².